The van der Waals surface area contributed by atoms with E-state index in [1.807, 2.05) is 13.0 Å². The Bertz CT molecular complexity index is 545. The van der Waals surface area contributed by atoms with Gasteiger partial charge >= 0.3 is 5.97 Å². The molecule has 86 valence electrons. The van der Waals surface area contributed by atoms with Gasteiger partial charge in [-0.3, -0.25) is 9.59 Å². The molecule has 0 bridgehead atoms. The third kappa shape index (κ3) is 1.74. The van der Waals surface area contributed by atoms with Crippen molar-refractivity contribution in [2.24, 2.45) is 0 Å². The standard InChI is InChI=1S/C12H10N2O3/c1-7-2-3-8-9(4-7)10(5-13)14(12(8)17)6-11(15)16/h2-4,10H,6H2,1H3,(H,15,16). The van der Waals surface area contributed by atoms with Gasteiger partial charge in [0.1, 0.15) is 12.6 Å². The number of hydrogen-bond acceptors (Lipinski definition) is 3. The molecule has 0 aromatic heterocycles. The zero-order valence-corrected chi connectivity index (χ0v) is 9.17. The lowest BCUT2D eigenvalue weighted by Gasteiger charge is -2.17. The maximum absolute atomic E-state index is 11.9. The van der Waals surface area contributed by atoms with Crippen LogP contribution in [0.15, 0.2) is 18.2 Å². The minimum Gasteiger partial charge on any atom is -0.480 e. The molecule has 0 spiro atoms. The van der Waals surface area contributed by atoms with E-state index in [4.69, 9.17) is 10.4 Å². The largest absolute Gasteiger partial charge is 0.480 e. The lowest BCUT2D eigenvalue weighted by atomic mass is 10.0. The summed E-state index contributed by atoms with van der Waals surface area (Å²) in [5, 5.41) is 17.8. The number of aliphatic carboxylic acids is 1. The van der Waals surface area contributed by atoms with Crippen LogP contribution in [0.5, 0.6) is 0 Å². The molecule has 1 atom stereocenters. The van der Waals surface area contributed by atoms with Crippen LogP contribution in [0.25, 0.3) is 0 Å². The summed E-state index contributed by atoms with van der Waals surface area (Å²) >= 11 is 0. The number of carbonyl (C=O) groups is 2. The number of benzene rings is 1. The highest BCUT2D eigenvalue weighted by molar-refractivity contribution is 6.01. The van der Waals surface area contributed by atoms with Crippen LogP contribution in [0.4, 0.5) is 0 Å². The molecule has 0 saturated carbocycles. The van der Waals surface area contributed by atoms with E-state index in [0.717, 1.165) is 10.5 Å². The first-order chi connectivity index (χ1) is 8.04. The second-order valence-corrected chi connectivity index (χ2v) is 3.95. The van der Waals surface area contributed by atoms with E-state index in [9.17, 15) is 9.59 Å². The van der Waals surface area contributed by atoms with Gasteiger partial charge in [0.05, 0.1) is 6.07 Å². The highest BCUT2D eigenvalue weighted by Gasteiger charge is 2.37. The fraction of sp³-hybridized carbons (Fsp3) is 0.250. The minimum absolute atomic E-state index is 0.394. The number of carboxylic acids is 1. The average Bonchev–Trinajstić information content (AvgIpc) is 2.51. The van der Waals surface area contributed by atoms with Gasteiger partial charge in [0.25, 0.3) is 5.91 Å². The molecule has 17 heavy (non-hydrogen) atoms. The Morgan fingerprint density at radius 3 is 2.88 bits per heavy atom. The highest BCUT2D eigenvalue weighted by atomic mass is 16.4. The summed E-state index contributed by atoms with van der Waals surface area (Å²) in [6, 6.07) is 6.34. The number of carboxylic acid groups (broad SMARTS) is 1. The number of fused-ring (bicyclic) bond motifs is 1. The predicted octanol–water partition coefficient (Wildman–Crippen LogP) is 1.10. The van der Waals surface area contributed by atoms with Crippen molar-refractivity contribution in [3.8, 4) is 6.07 Å². The monoisotopic (exact) mass is 230 g/mol. The summed E-state index contributed by atoms with van der Waals surface area (Å²) in [4.78, 5) is 23.7. The topological polar surface area (TPSA) is 81.4 Å². The van der Waals surface area contributed by atoms with Gasteiger partial charge in [-0.05, 0) is 13.0 Å². The summed E-state index contributed by atoms with van der Waals surface area (Å²) in [5.74, 6) is -1.52. The molecule has 0 radical (unpaired) electrons. The molecule has 0 fully saturated rings. The van der Waals surface area contributed by atoms with E-state index in [1.165, 1.54) is 0 Å². The Morgan fingerprint density at radius 2 is 2.29 bits per heavy atom. The van der Waals surface area contributed by atoms with Gasteiger partial charge in [-0.15, -0.1) is 0 Å². The lowest BCUT2D eigenvalue weighted by Crippen LogP contribution is -2.32. The number of amides is 1. The molecular weight excluding hydrogens is 220 g/mol. The predicted molar refractivity (Wildman–Crippen MR) is 58.2 cm³/mol. The van der Waals surface area contributed by atoms with E-state index < -0.39 is 24.5 Å². The van der Waals surface area contributed by atoms with Crippen molar-refractivity contribution in [2.75, 3.05) is 6.54 Å². The minimum atomic E-state index is -1.12. The van der Waals surface area contributed by atoms with E-state index in [1.54, 1.807) is 18.2 Å². The fourth-order valence-corrected chi connectivity index (χ4v) is 1.99. The van der Waals surface area contributed by atoms with Crippen molar-refractivity contribution in [2.45, 2.75) is 13.0 Å². The third-order valence-corrected chi connectivity index (χ3v) is 2.73. The van der Waals surface area contributed by atoms with E-state index in [0.29, 0.717) is 11.1 Å². The molecule has 2 rings (SSSR count). The van der Waals surface area contributed by atoms with Crippen LogP contribution in [-0.4, -0.2) is 28.4 Å². The molecule has 1 heterocycles. The maximum atomic E-state index is 11.9. The van der Waals surface area contributed by atoms with Crippen LogP contribution in [0.3, 0.4) is 0 Å². The number of aryl methyl sites for hydroxylation is 1. The summed E-state index contributed by atoms with van der Waals surface area (Å²) < 4.78 is 0. The van der Waals surface area contributed by atoms with E-state index in [-0.39, 0.29) is 0 Å². The first-order valence-corrected chi connectivity index (χ1v) is 5.07. The molecule has 5 nitrogen and oxygen atoms in total. The summed E-state index contributed by atoms with van der Waals surface area (Å²) in [6.45, 7) is 1.41. The van der Waals surface area contributed by atoms with Crippen LogP contribution < -0.4 is 0 Å². The number of hydrogen-bond donors (Lipinski definition) is 1. The first kappa shape index (κ1) is 11.1. The van der Waals surface area contributed by atoms with Crippen molar-refractivity contribution < 1.29 is 14.7 Å². The normalized spacial score (nSPS) is 17.8. The molecule has 1 aromatic rings. The van der Waals surface area contributed by atoms with Crippen molar-refractivity contribution in [3.63, 3.8) is 0 Å². The van der Waals surface area contributed by atoms with Gasteiger partial charge < -0.3 is 10.0 Å². The van der Waals surface area contributed by atoms with Crippen LogP contribution in [-0.2, 0) is 4.79 Å². The molecule has 0 aliphatic carbocycles. The second kappa shape index (κ2) is 3.91. The average molecular weight is 230 g/mol. The molecule has 5 heteroatoms. The van der Waals surface area contributed by atoms with Gasteiger partial charge in [0.2, 0.25) is 0 Å². The molecule has 1 amide bonds. The SMILES string of the molecule is Cc1ccc2c(c1)C(C#N)N(CC(=O)O)C2=O. The van der Waals surface area contributed by atoms with E-state index in [2.05, 4.69) is 0 Å². The quantitative estimate of drug-likeness (QED) is 0.824. The fourth-order valence-electron chi connectivity index (χ4n) is 1.99. The molecule has 1 aliphatic heterocycles. The second-order valence-electron chi connectivity index (χ2n) is 3.95. The van der Waals surface area contributed by atoms with Crippen molar-refractivity contribution in [3.05, 3.63) is 34.9 Å². The summed E-state index contributed by atoms with van der Waals surface area (Å²) in [5.41, 5.74) is 1.95. The smallest absolute Gasteiger partial charge is 0.323 e. The Morgan fingerprint density at radius 1 is 1.59 bits per heavy atom. The van der Waals surface area contributed by atoms with Gasteiger partial charge in [-0.2, -0.15) is 5.26 Å². The molecule has 1 aromatic carbocycles. The molecular formula is C12H10N2O3. The number of nitrogens with zero attached hydrogens (tertiary/aromatic N) is 2. The van der Waals surface area contributed by atoms with Crippen molar-refractivity contribution >= 4 is 11.9 Å². The van der Waals surface area contributed by atoms with Crippen molar-refractivity contribution in [1.82, 2.24) is 4.90 Å². The Kier molecular flexibility index (Phi) is 2.56. The lowest BCUT2D eigenvalue weighted by molar-refractivity contribution is -0.137. The first-order valence-electron chi connectivity index (χ1n) is 5.07. The van der Waals surface area contributed by atoms with Crippen LogP contribution in [0, 0.1) is 18.3 Å². The number of nitriles is 1. The molecule has 1 N–H and O–H groups in total. The third-order valence-electron chi connectivity index (χ3n) is 2.73. The van der Waals surface area contributed by atoms with Crippen LogP contribution >= 0.6 is 0 Å². The molecule has 0 saturated heterocycles. The summed E-state index contributed by atoms with van der Waals surface area (Å²) in [6.07, 6.45) is 0. The number of rotatable bonds is 2. The Hall–Kier alpha value is -2.35. The van der Waals surface area contributed by atoms with Gasteiger partial charge in [0, 0.05) is 11.1 Å². The van der Waals surface area contributed by atoms with Gasteiger partial charge in [-0.1, -0.05) is 17.7 Å². The summed E-state index contributed by atoms with van der Waals surface area (Å²) in [7, 11) is 0. The zero-order chi connectivity index (χ0) is 12.6. The van der Waals surface area contributed by atoms with Crippen molar-refractivity contribution in [1.29, 1.82) is 5.26 Å². The Labute approximate surface area is 97.9 Å². The van der Waals surface area contributed by atoms with Gasteiger partial charge in [-0.25, -0.2) is 0 Å². The molecule has 1 aliphatic rings. The Balaban J connectivity index is 2.48. The maximum Gasteiger partial charge on any atom is 0.323 e. The van der Waals surface area contributed by atoms with Gasteiger partial charge in [0.15, 0.2) is 0 Å². The molecule has 1 unspecified atom stereocenters. The van der Waals surface area contributed by atoms with Crippen LogP contribution in [0.1, 0.15) is 27.5 Å². The zero-order valence-electron chi connectivity index (χ0n) is 9.17. The van der Waals surface area contributed by atoms with Crippen LogP contribution in [0.2, 0.25) is 0 Å². The van der Waals surface area contributed by atoms with E-state index >= 15 is 0 Å². The highest BCUT2D eigenvalue weighted by Crippen LogP contribution is 2.33. The number of carbonyl (C=O) groups excluding carboxylic acids is 1.